The molecule has 7 rings (SSSR count). The Morgan fingerprint density at radius 3 is 2.53 bits per heavy atom. The average molecular weight is 676 g/mol. The molecule has 0 unspecified atom stereocenters. The van der Waals surface area contributed by atoms with Crippen LogP contribution in [0.2, 0.25) is 0 Å². The fourth-order valence-electron chi connectivity index (χ4n) is 6.94. The van der Waals surface area contributed by atoms with E-state index >= 15 is 4.39 Å². The van der Waals surface area contributed by atoms with Gasteiger partial charge in [0, 0.05) is 49.2 Å². The minimum absolute atomic E-state index is 0.163. The van der Waals surface area contributed by atoms with Crippen LogP contribution in [0.3, 0.4) is 0 Å². The number of ether oxygens (including phenoxy) is 4. The molecule has 0 amide bonds. The summed E-state index contributed by atoms with van der Waals surface area (Å²) >= 11 is 0. The largest absolute Gasteiger partial charge is 0.490 e. The molecule has 4 aromatic rings. The second-order valence-electron chi connectivity index (χ2n) is 14.6. The van der Waals surface area contributed by atoms with Crippen molar-refractivity contribution in [1.82, 2.24) is 9.38 Å². The maximum atomic E-state index is 15.5. The molecule has 1 saturated heterocycles. The second-order valence-corrected chi connectivity index (χ2v) is 14.6. The van der Waals surface area contributed by atoms with E-state index in [4.69, 9.17) is 23.9 Å². The van der Waals surface area contributed by atoms with E-state index < -0.39 is 29.3 Å². The van der Waals surface area contributed by atoms with E-state index in [-0.39, 0.29) is 23.0 Å². The molecular formula is C39H47F2N3O5. The van der Waals surface area contributed by atoms with Crippen LogP contribution in [-0.2, 0) is 19.0 Å². The Morgan fingerprint density at radius 1 is 1.08 bits per heavy atom. The molecule has 10 heteroatoms. The van der Waals surface area contributed by atoms with Gasteiger partial charge in [-0.3, -0.25) is 4.40 Å². The molecule has 0 saturated carbocycles. The number of imidazole rings is 1. The number of rotatable bonds is 3. The summed E-state index contributed by atoms with van der Waals surface area (Å²) in [5.74, 6) is -0.893. The number of methoxy groups -OCH3 is 1. The quantitative estimate of drug-likeness (QED) is 0.201. The van der Waals surface area contributed by atoms with E-state index in [2.05, 4.69) is 11.8 Å². The summed E-state index contributed by atoms with van der Waals surface area (Å²) in [4.78, 5) is 20.7. The number of piperidine rings is 1. The molecule has 1 fully saturated rings. The fraction of sp³-hybridized carbons (Fsp3) is 0.487. The Hall–Kier alpha value is -4.02. The first-order chi connectivity index (χ1) is 23.2. The first kappa shape index (κ1) is 34.8. The van der Waals surface area contributed by atoms with Crippen molar-refractivity contribution >= 4 is 17.4 Å². The van der Waals surface area contributed by atoms with Crippen molar-refractivity contribution < 1.29 is 32.5 Å². The zero-order valence-corrected chi connectivity index (χ0v) is 29.6. The molecule has 2 atom stereocenters. The number of carbonyl (C=O) groups is 1. The summed E-state index contributed by atoms with van der Waals surface area (Å²) in [5, 5.41) is 0. The molecule has 262 valence electrons. The number of aromatic nitrogens is 2. The maximum Gasteiger partial charge on any atom is 0.339 e. The first-order valence-corrected chi connectivity index (χ1v) is 17.2. The lowest BCUT2D eigenvalue weighted by Crippen LogP contribution is -2.45. The SMILES string of the molecule is COC(=O)[C@@H](OC(C)(C)C)c1c(C)cc2nc3cn2c1N1CCC(C)(CC1)OCCCC[C@H](C)Oc1cc(F)cc(F)c1-c1cccc-3c1. The maximum absolute atomic E-state index is 15.5. The number of fused-ring (bicyclic) bond motifs is 8. The Morgan fingerprint density at radius 2 is 1.82 bits per heavy atom. The van der Waals surface area contributed by atoms with Gasteiger partial charge in [-0.1, -0.05) is 18.2 Å². The highest BCUT2D eigenvalue weighted by atomic mass is 19.1. The van der Waals surface area contributed by atoms with Gasteiger partial charge in [-0.05, 0) is 96.9 Å². The molecule has 5 heterocycles. The van der Waals surface area contributed by atoms with E-state index in [0.29, 0.717) is 43.0 Å². The van der Waals surface area contributed by atoms with E-state index in [0.717, 1.165) is 54.3 Å². The summed E-state index contributed by atoms with van der Waals surface area (Å²) in [6.45, 7) is 13.8. The Kier molecular flexibility index (Phi) is 9.74. The molecular weight excluding hydrogens is 628 g/mol. The smallest absolute Gasteiger partial charge is 0.339 e. The molecule has 2 aromatic carbocycles. The normalized spacial score (nSPS) is 20.9. The van der Waals surface area contributed by atoms with E-state index in [1.807, 2.05) is 69.5 Å². The van der Waals surface area contributed by atoms with Gasteiger partial charge in [0.2, 0.25) is 0 Å². The molecule has 0 aliphatic carbocycles. The van der Waals surface area contributed by atoms with Gasteiger partial charge < -0.3 is 23.8 Å². The molecule has 8 nitrogen and oxygen atoms in total. The third-order valence-electron chi connectivity index (χ3n) is 9.49. The number of hydrogen-bond donors (Lipinski definition) is 0. The van der Waals surface area contributed by atoms with Crippen LogP contribution in [0, 0.1) is 18.6 Å². The van der Waals surface area contributed by atoms with Crippen molar-refractivity contribution in [2.24, 2.45) is 0 Å². The number of hydrogen-bond acceptors (Lipinski definition) is 7. The van der Waals surface area contributed by atoms with Crippen molar-refractivity contribution in [2.75, 3.05) is 31.7 Å². The number of aryl methyl sites for hydroxylation is 1. The number of anilines is 1. The van der Waals surface area contributed by atoms with Crippen LogP contribution in [0.5, 0.6) is 5.75 Å². The molecule has 0 spiro atoms. The number of esters is 1. The summed E-state index contributed by atoms with van der Waals surface area (Å²) in [7, 11) is 1.38. The zero-order valence-electron chi connectivity index (χ0n) is 29.6. The molecule has 3 aliphatic heterocycles. The van der Waals surface area contributed by atoms with Crippen LogP contribution in [0.15, 0.2) is 48.7 Å². The van der Waals surface area contributed by atoms with Crippen LogP contribution >= 0.6 is 0 Å². The van der Waals surface area contributed by atoms with Crippen LogP contribution in [0.1, 0.15) is 84.0 Å². The summed E-state index contributed by atoms with van der Waals surface area (Å²) < 4.78 is 56.5. The lowest BCUT2D eigenvalue weighted by atomic mass is 9.92. The fourth-order valence-corrected chi connectivity index (χ4v) is 6.94. The molecule has 6 bridgehead atoms. The predicted molar refractivity (Wildman–Crippen MR) is 186 cm³/mol. The lowest BCUT2D eigenvalue weighted by molar-refractivity contribution is -0.164. The molecule has 49 heavy (non-hydrogen) atoms. The van der Waals surface area contributed by atoms with Gasteiger partial charge in [0.15, 0.2) is 6.10 Å². The van der Waals surface area contributed by atoms with Gasteiger partial charge in [-0.15, -0.1) is 0 Å². The van der Waals surface area contributed by atoms with Crippen molar-refractivity contribution in [3.05, 3.63) is 71.4 Å². The van der Waals surface area contributed by atoms with Gasteiger partial charge in [0.05, 0.1) is 35.7 Å². The van der Waals surface area contributed by atoms with Crippen molar-refractivity contribution in [1.29, 1.82) is 0 Å². The van der Waals surface area contributed by atoms with E-state index in [9.17, 15) is 9.18 Å². The van der Waals surface area contributed by atoms with Crippen molar-refractivity contribution in [3.8, 4) is 28.1 Å². The van der Waals surface area contributed by atoms with Gasteiger partial charge in [-0.2, -0.15) is 0 Å². The van der Waals surface area contributed by atoms with Crippen LogP contribution < -0.4 is 9.64 Å². The summed E-state index contributed by atoms with van der Waals surface area (Å²) in [6, 6.07) is 11.5. The predicted octanol–water partition coefficient (Wildman–Crippen LogP) is 8.61. The van der Waals surface area contributed by atoms with Gasteiger partial charge in [0.25, 0.3) is 0 Å². The zero-order chi connectivity index (χ0) is 35.1. The second kappa shape index (κ2) is 13.7. The molecule has 3 aliphatic rings. The number of benzene rings is 2. The average Bonchev–Trinajstić information content (AvgIpc) is 3.46. The van der Waals surface area contributed by atoms with E-state index in [1.165, 1.54) is 13.2 Å². The highest BCUT2D eigenvalue weighted by Crippen LogP contribution is 2.41. The molecule has 0 radical (unpaired) electrons. The monoisotopic (exact) mass is 675 g/mol. The number of halogens is 2. The number of carbonyl (C=O) groups excluding carboxylic acids is 1. The topological polar surface area (TPSA) is 74.5 Å². The van der Waals surface area contributed by atoms with Gasteiger partial charge in [0.1, 0.15) is 28.8 Å². The third kappa shape index (κ3) is 7.45. The van der Waals surface area contributed by atoms with Crippen molar-refractivity contribution in [2.45, 2.75) is 97.1 Å². The Labute approximate surface area is 287 Å². The highest BCUT2D eigenvalue weighted by molar-refractivity contribution is 5.82. The van der Waals surface area contributed by atoms with Gasteiger partial charge in [-0.25, -0.2) is 18.6 Å². The number of pyridine rings is 1. The Bertz CT molecular complexity index is 1840. The van der Waals surface area contributed by atoms with Crippen LogP contribution in [0.25, 0.3) is 28.0 Å². The number of nitrogens with zero attached hydrogens (tertiary/aromatic N) is 3. The molecule has 0 N–H and O–H groups in total. The minimum Gasteiger partial charge on any atom is -0.490 e. The Balaban J connectivity index is 1.55. The van der Waals surface area contributed by atoms with Crippen LogP contribution in [0.4, 0.5) is 14.6 Å². The van der Waals surface area contributed by atoms with Crippen molar-refractivity contribution in [3.63, 3.8) is 0 Å². The minimum atomic E-state index is -0.976. The molecule has 2 aromatic heterocycles. The van der Waals surface area contributed by atoms with Crippen LogP contribution in [-0.4, -0.2) is 59.5 Å². The third-order valence-corrected chi connectivity index (χ3v) is 9.49. The standard InChI is InChI=1S/C39H47F2N3O5/c1-24-19-32-42-30-23-44(32)36(33(24)35(37(45)46-7)49-38(3,4)5)43-16-14-39(6,15-17-43)47-18-9-8-11-25(2)48-31-22-28(40)21-29(41)34(31)27-13-10-12-26(30)20-27/h10,12-13,19-23,25,35H,8-9,11,14-18H2,1-7H3/t25-,35-/m0/s1. The summed E-state index contributed by atoms with van der Waals surface area (Å²) in [5.41, 5.74) is 3.48. The first-order valence-electron chi connectivity index (χ1n) is 17.2. The van der Waals surface area contributed by atoms with E-state index in [1.54, 1.807) is 6.07 Å². The summed E-state index contributed by atoms with van der Waals surface area (Å²) in [6.07, 6.45) is 4.71. The highest BCUT2D eigenvalue weighted by Gasteiger charge is 2.37. The lowest BCUT2D eigenvalue weighted by Gasteiger charge is -2.42. The van der Waals surface area contributed by atoms with Gasteiger partial charge >= 0.3 is 5.97 Å².